The summed E-state index contributed by atoms with van der Waals surface area (Å²) in [6.07, 6.45) is 4.40. The van der Waals surface area contributed by atoms with Gasteiger partial charge in [0.25, 0.3) is 5.91 Å². The van der Waals surface area contributed by atoms with E-state index in [4.69, 9.17) is 5.11 Å². The van der Waals surface area contributed by atoms with Crippen molar-refractivity contribution in [3.63, 3.8) is 0 Å². The summed E-state index contributed by atoms with van der Waals surface area (Å²) >= 11 is 3.21. The third-order valence-corrected chi connectivity index (χ3v) is 2.94. The fourth-order valence-corrected chi connectivity index (χ4v) is 2.00. The number of aromatic nitrogens is 2. The van der Waals surface area contributed by atoms with Gasteiger partial charge in [-0.15, -0.1) is 0 Å². The summed E-state index contributed by atoms with van der Waals surface area (Å²) in [5.41, 5.74) is 1.10. The normalized spacial score (nSPS) is 10.2. The van der Waals surface area contributed by atoms with Crippen LogP contribution in [-0.2, 0) is 0 Å². The largest absolute Gasteiger partial charge is 0.478 e. The minimum Gasteiger partial charge on any atom is -0.478 e. The maximum atomic E-state index is 12.0. The number of aromatic carboxylic acids is 1. The number of H-pyrrole nitrogens is 1. The van der Waals surface area contributed by atoms with Gasteiger partial charge in [0.05, 0.1) is 11.3 Å². The number of anilines is 1. The number of nitrogens with one attached hydrogen (secondary N) is 2. The van der Waals surface area contributed by atoms with Gasteiger partial charge in [-0.3, -0.25) is 9.78 Å². The topological polar surface area (TPSA) is 95.1 Å². The molecule has 1 amide bonds. The van der Waals surface area contributed by atoms with E-state index >= 15 is 0 Å². The maximum absolute atomic E-state index is 12.0. The lowest BCUT2D eigenvalue weighted by molar-refractivity contribution is 0.0697. The van der Waals surface area contributed by atoms with E-state index in [9.17, 15) is 9.59 Å². The Bertz CT molecular complexity index is 651. The fourth-order valence-electron chi connectivity index (χ4n) is 1.63. The van der Waals surface area contributed by atoms with Gasteiger partial charge in [0.2, 0.25) is 0 Å². The van der Waals surface area contributed by atoms with Crippen molar-refractivity contribution in [2.24, 2.45) is 0 Å². The van der Waals surface area contributed by atoms with Crippen LogP contribution in [-0.4, -0.2) is 27.0 Å². The minimum atomic E-state index is -1.10. The molecule has 2 rings (SSSR count). The first-order chi connectivity index (χ1) is 8.99. The van der Waals surface area contributed by atoms with Gasteiger partial charge in [-0.1, -0.05) is 0 Å². The second-order valence-electron chi connectivity index (χ2n) is 3.85. The van der Waals surface area contributed by atoms with Gasteiger partial charge in [-0.2, -0.15) is 0 Å². The summed E-state index contributed by atoms with van der Waals surface area (Å²) in [6, 6.07) is 1.60. The second kappa shape index (κ2) is 5.23. The number of aromatic amines is 1. The molecule has 3 N–H and O–H groups in total. The zero-order valence-electron chi connectivity index (χ0n) is 9.90. The standard InChI is InChI=1S/C12H10BrN3O3/c1-6-10(12(18)19)9(5-15-6)16-11(17)7-2-8(13)4-14-3-7/h2-5,15H,1H3,(H,16,17)(H,18,19). The lowest BCUT2D eigenvalue weighted by atomic mass is 10.2. The Hall–Kier alpha value is -2.15. The van der Waals surface area contributed by atoms with Crippen molar-refractivity contribution in [2.75, 3.05) is 5.32 Å². The molecule has 0 aliphatic heterocycles. The first-order valence-corrected chi connectivity index (χ1v) is 6.11. The van der Waals surface area contributed by atoms with Crippen molar-refractivity contribution >= 4 is 33.5 Å². The molecule has 0 fully saturated rings. The summed E-state index contributed by atoms with van der Waals surface area (Å²) in [7, 11) is 0. The van der Waals surface area contributed by atoms with E-state index < -0.39 is 11.9 Å². The van der Waals surface area contributed by atoms with Crippen molar-refractivity contribution < 1.29 is 14.7 Å². The summed E-state index contributed by atoms with van der Waals surface area (Å²) in [6.45, 7) is 1.62. The number of halogens is 1. The molecule has 0 unspecified atom stereocenters. The Labute approximate surface area is 117 Å². The number of aryl methyl sites for hydroxylation is 1. The number of hydrogen-bond acceptors (Lipinski definition) is 3. The molecule has 0 radical (unpaired) electrons. The molecule has 19 heavy (non-hydrogen) atoms. The highest BCUT2D eigenvalue weighted by Crippen LogP contribution is 2.20. The Morgan fingerprint density at radius 3 is 2.79 bits per heavy atom. The van der Waals surface area contributed by atoms with E-state index in [2.05, 4.69) is 31.2 Å². The van der Waals surface area contributed by atoms with Crippen LogP contribution in [0.5, 0.6) is 0 Å². The predicted molar refractivity (Wildman–Crippen MR) is 72.4 cm³/mol. The molecule has 0 spiro atoms. The monoisotopic (exact) mass is 323 g/mol. The van der Waals surface area contributed by atoms with Crippen molar-refractivity contribution in [1.29, 1.82) is 0 Å². The molecule has 2 aromatic heterocycles. The molecule has 0 atom stereocenters. The average Bonchev–Trinajstić information content (AvgIpc) is 2.70. The van der Waals surface area contributed by atoms with Gasteiger partial charge in [-0.25, -0.2) is 4.79 Å². The molecule has 0 saturated heterocycles. The number of rotatable bonds is 3. The molecule has 2 aromatic rings. The van der Waals surface area contributed by atoms with E-state index in [1.165, 1.54) is 12.4 Å². The molecule has 7 heteroatoms. The number of hydrogen-bond donors (Lipinski definition) is 3. The Morgan fingerprint density at radius 1 is 1.42 bits per heavy atom. The fraction of sp³-hybridized carbons (Fsp3) is 0.0833. The van der Waals surface area contributed by atoms with Gasteiger partial charge in [-0.05, 0) is 28.9 Å². The Kier molecular flexibility index (Phi) is 3.66. The highest BCUT2D eigenvalue weighted by atomic mass is 79.9. The summed E-state index contributed by atoms with van der Waals surface area (Å²) in [5.74, 6) is -1.52. The number of carbonyl (C=O) groups is 2. The maximum Gasteiger partial charge on any atom is 0.339 e. The van der Waals surface area contributed by atoms with E-state index in [0.29, 0.717) is 15.7 Å². The van der Waals surface area contributed by atoms with Gasteiger partial charge >= 0.3 is 5.97 Å². The van der Waals surface area contributed by atoms with Crippen LogP contribution in [0.25, 0.3) is 0 Å². The number of pyridine rings is 1. The van der Waals surface area contributed by atoms with Gasteiger partial charge in [0.15, 0.2) is 0 Å². The molecule has 2 heterocycles. The van der Waals surface area contributed by atoms with Crippen molar-refractivity contribution in [2.45, 2.75) is 6.92 Å². The molecule has 6 nitrogen and oxygen atoms in total. The molecule has 0 aliphatic carbocycles. The highest BCUT2D eigenvalue weighted by molar-refractivity contribution is 9.10. The Morgan fingerprint density at radius 2 is 2.16 bits per heavy atom. The zero-order chi connectivity index (χ0) is 14.0. The van der Waals surface area contributed by atoms with E-state index in [1.807, 2.05) is 0 Å². The van der Waals surface area contributed by atoms with Gasteiger partial charge in [0, 0.05) is 28.8 Å². The van der Waals surface area contributed by atoms with Gasteiger partial charge in [0.1, 0.15) is 5.56 Å². The van der Waals surface area contributed by atoms with Crippen LogP contribution in [0.2, 0.25) is 0 Å². The van der Waals surface area contributed by atoms with E-state index in [1.54, 1.807) is 19.2 Å². The first-order valence-electron chi connectivity index (χ1n) is 5.32. The molecular weight excluding hydrogens is 314 g/mol. The number of carbonyl (C=O) groups excluding carboxylic acids is 1. The van der Waals surface area contributed by atoms with Crippen LogP contribution >= 0.6 is 15.9 Å². The molecule has 0 aliphatic rings. The van der Waals surface area contributed by atoms with Crippen molar-refractivity contribution in [3.8, 4) is 0 Å². The van der Waals surface area contributed by atoms with E-state index in [0.717, 1.165) is 0 Å². The van der Waals surface area contributed by atoms with E-state index in [-0.39, 0.29) is 11.3 Å². The first kappa shape index (κ1) is 13.3. The molecule has 0 aromatic carbocycles. The molecule has 0 saturated carbocycles. The van der Waals surface area contributed by atoms with Crippen LogP contribution < -0.4 is 5.32 Å². The third-order valence-electron chi connectivity index (χ3n) is 2.51. The SMILES string of the molecule is Cc1[nH]cc(NC(=O)c2cncc(Br)c2)c1C(=O)O. The second-order valence-corrected chi connectivity index (χ2v) is 4.77. The lowest BCUT2D eigenvalue weighted by Crippen LogP contribution is -2.14. The quantitative estimate of drug-likeness (QED) is 0.808. The molecule has 98 valence electrons. The number of carboxylic acid groups (broad SMARTS) is 1. The minimum absolute atomic E-state index is 0.0521. The number of nitrogens with zero attached hydrogens (tertiary/aromatic N) is 1. The van der Waals surface area contributed by atoms with Crippen LogP contribution in [0, 0.1) is 6.92 Å². The lowest BCUT2D eigenvalue weighted by Gasteiger charge is -2.04. The Balaban J connectivity index is 2.27. The summed E-state index contributed by atoms with van der Waals surface area (Å²) in [4.78, 5) is 29.7. The smallest absolute Gasteiger partial charge is 0.339 e. The third kappa shape index (κ3) is 2.82. The zero-order valence-corrected chi connectivity index (χ0v) is 11.5. The van der Waals surface area contributed by atoms with Gasteiger partial charge < -0.3 is 15.4 Å². The van der Waals surface area contributed by atoms with Crippen LogP contribution in [0.3, 0.4) is 0 Å². The van der Waals surface area contributed by atoms with Crippen molar-refractivity contribution in [1.82, 2.24) is 9.97 Å². The number of amides is 1. The van der Waals surface area contributed by atoms with Crippen LogP contribution in [0.1, 0.15) is 26.4 Å². The summed E-state index contributed by atoms with van der Waals surface area (Å²) < 4.78 is 0.670. The van der Waals surface area contributed by atoms with Crippen LogP contribution in [0.15, 0.2) is 29.1 Å². The average molecular weight is 324 g/mol. The predicted octanol–water partition coefficient (Wildman–Crippen LogP) is 2.43. The van der Waals surface area contributed by atoms with Crippen molar-refractivity contribution in [3.05, 3.63) is 46.0 Å². The van der Waals surface area contributed by atoms with Crippen LogP contribution in [0.4, 0.5) is 5.69 Å². The molecular formula is C12H10BrN3O3. The molecule has 0 bridgehead atoms. The number of carboxylic acids is 1. The highest BCUT2D eigenvalue weighted by Gasteiger charge is 2.17. The summed E-state index contributed by atoms with van der Waals surface area (Å²) in [5, 5.41) is 11.6.